The van der Waals surface area contributed by atoms with Crippen LogP contribution in [0.3, 0.4) is 0 Å². The molecular formula is C25H37N5OS. The molecule has 1 atom stereocenters. The molecule has 1 saturated carbocycles. The Morgan fingerprint density at radius 1 is 0.969 bits per heavy atom. The molecule has 0 aromatic carbocycles. The molecule has 0 N–H and O–H groups in total. The molecule has 2 saturated heterocycles. The zero-order valence-electron chi connectivity index (χ0n) is 19.2. The van der Waals surface area contributed by atoms with E-state index in [0.29, 0.717) is 12.0 Å². The quantitative estimate of drug-likeness (QED) is 0.528. The topological polar surface area (TPSA) is 56.1 Å². The zero-order chi connectivity index (χ0) is 21.6. The number of hydrogen-bond donors (Lipinski definition) is 0. The van der Waals surface area contributed by atoms with Crippen molar-refractivity contribution < 1.29 is 4.74 Å². The van der Waals surface area contributed by atoms with Crippen LogP contribution < -0.4 is 0 Å². The van der Waals surface area contributed by atoms with Crippen LogP contribution in [0.4, 0.5) is 0 Å². The van der Waals surface area contributed by atoms with Gasteiger partial charge in [0.05, 0.1) is 18.3 Å². The molecule has 0 radical (unpaired) electrons. The summed E-state index contributed by atoms with van der Waals surface area (Å²) in [6, 6.07) is 6.19. The van der Waals surface area contributed by atoms with Gasteiger partial charge >= 0.3 is 0 Å². The normalized spacial score (nSPS) is 23.7. The van der Waals surface area contributed by atoms with Gasteiger partial charge in [0, 0.05) is 31.0 Å². The minimum atomic E-state index is 0.322. The molecule has 0 amide bonds. The average Bonchev–Trinajstić information content (AvgIpc) is 3.50. The second-order valence-corrected chi connectivity index (χ2v) is 10.8. The van der Waals surface area contributed by atoms with Crippen LogP contribution in [-0.2, 0) is 17.8 Å². The summed E-state index contributed by atoms with van der Waals surface area (Å²) in [6.45, 7) is 4.96. The van der Waals surface area contributed by atoms with Crippen molar-refractivity contribution in [1.82, 2.24) is 24.6 Å². The molecule has 174 valence electrons. The van der Waals surface area contributed by atoms with E-state index in [9.17, 15) is 0 Å². The highest BCUT2D eigenvalue weighted by Gasteiger charge is 2.29. The van der Waals surface area contributed by atoms with E-state index in [2.05, 4.69) is 26.6 Å². The highest BCUT2D eigenvalue weighted by molar-refractivity contribution is 7.99. The molecule has 1 aliphatic carbocycles. The third-order valence-corrected chi connectivity index (χ3v) is 8.59. The SMILES string of the molecule is c1ccc(CN2CCC(c3nnc(SCC4CCCCC4)n3C[C@H]3CCCO3)CC2)nc1. The molecule has 2 aromatic heterocycles. The van der Waals surface area contributed by atoms with Gasteiger partial charge in [0.25, 0.3) is 0 Å². The highest BCUT2D eigenvalue weighted by atomic mass is 32.2. The van der Waals surface area contributed by atoms with Gasteiger partial charge in [0.1, 0.15) is 5.82 Å². The number of pyridine rings is 1. The number of aromatic nitrogens is 4. The van der Waals surface area contributed by atoms with Crippen LogP contribution in [0.2, 0.25) is 0 Å². The van der Waals surface area contributed by atoms with E-state index in [4.69, 9.17) is 14.9 Å². The van der Waals surface area contributed by atoms with Crippen LogP contribution in [0.25, 0.3) is 0 Å². The van der Waals surface area contributed by atoms with Crippen molar-refractivity contribution in [2.75, 3.05) is 25.4 Å². The number of thioether (sulfide) groups is 1. The fourth-order valence-corrected chi connectivity index (χ4v) is 6.63. The Bertz CT molecular complexity index is 824. The number of ether oxygens (including phenoxy) is 1. The van der Waals surface area contributed by atoms with Crippen LogP contribution in [0, 0.1) is 5.92 Å². The summed E-state index contributed by atoms with van der Waals surface area (Å²) in [5.41, 5.74) is 1.16. The van der Waals surface area contributed by atoms with Crippen LogP contribution in [-0.4, -0.2) is 56.2 Å². The molecular weight excluding hydrogens is 418 g/mol. The fourth-order valence-electron chi connectivity index (χ4n) is 5.49. The molecule has 0 bridgehead atoms. The maximum atomic E-state index is 6.00. The van der Waals surface area contributed by atoms with Crippen molar-refractivity contribution in [1.29, 1.82) is 0 Å². The average molecular weight is 456 g/mol. The summed E-state index contributed by atoms with van der Waals surface area (Å²) < 4.78 is 8.43. The van der Waals surface area contributed by atoms with Crippen molar-refractivity contribution in [2.24, 2.45) is 5.92 Å². The molecule has 7 heteroatoms. The lowest BCUT2D eigenvalue weighted by Crippen LogP contribution is -2.34. The van der Waals surface area contributed by atoms with Crippen molar-refractivity contribution in [3.8, 4) is 0 Å². The summed E-state index contributed by atoms with van der Waals surface area (Å²) in [5, 5.41) is 10.6. The second-order valence-electron chi connectivity index (χ2n) is 9.77. The number of hydrogen-bond acceptors (Lipinski definition) is 6. The van der Waals surface area contributed by atoms with Crippen molar-refractivity contribution in [3.63, 3.8) is 0 Å². The number of rotatable bonds is 8. The Hall–Kier alpha value is -1.44. The maximum absolute atomic E-state index is 6.00. The van der Waals surface area contributed by atoms with Crippen LogP contribution in [0.15, 0.2) is 29.6 Å². The number of piperidine rings is 1. The lowest BCUT2D eigenvalue weighted by Gasteiger charge is -2.31. The second kappa shape index (κ2) is 11.1. The Morgan fingerprint density at radius 3 is 2.59 bits per heavy atom. The number of likely N-dealkylation sites (tertiary alicyclic amines) is 1. The van der Waals surface area contributed by atoms with Gasteiger partial charge in [-0.05, 0) is 69.7 Å². The van der Waals surface area contributed by atoms with Crippen molar-refractivity contribution in [3.05, 3.63) is 35.9 Å². The Labute approximate surface area is 196 Å². The van der Waals surface area contributed by atoms with E-state index in [1.165, 1.54) is 50.1 Å². The van der Waals surface area contributed by atoms with Crippen LogP contribution >= 0.6 is 11.8 Å². The predicted octanol–water partition coefficient (Wildman–Crippen LogP) is 4.90. The predicted molar refractivity (Wildman–Crippen MR) is 128 cm³/mol. The minimum Gasteiger partial charge on any atom is -0.376 e. The molecule has 4 heterocycles. The summed E-state index contributed by atoms with van der Waals surface area (Å²) in [4.78, 5) is 7.03. The van der Waals surface area contributed by atoms with Crippen molar-refractivity contribution >= 4 is 11.8 Å². The molecule has 32 heavy (non-hydrogen) atoms. The van der Waals surface area contributed by atoms with Crippen LogP contribution in [0.1, 0.15) is 75.2 Å². The summed E-state index contributed by atoms with van der Waals surface area (Å²) in [6.07, 6.45) is 13.8. The first-order valence-corrected chi connectivity index (χ1v) is 13.6. The Balaban J connectivity index is 1.23. The first-order valence-electron chi connectivity index (χ1n) is 12.6. The molecule has 0 unspecified atom stereocenters. The van der Waals surface area contributed by atoms with Gasteiger partial charge in [-0.3, -0.25) is 9.88 Å². The van der Waals surface area contributed by atoms with E-state index in [0.717, 1.165) is 68.8 Å². The minimum absolute atomic E-state index is 0.322. The van der Waals surface area contributed by atoms with Gasteiger partial charge in [0.2, 0.25) is 0 Å². The Kier molecular flexibility index (Phi) is 7.77. The Morgan fingerprint density at radius 2 is 1.84 bits per heavy atom. The first-order chi connectivity index (χ1) is 15.8. The lowest BCUT2D eigenvalue weighted by molar-refractivity contribution is 0.0931. The third kappa shape index (κ3) is 5.72. The standard InChI is InChI=1S/C25H37N5OS/c1-2-7-20(8-3-1)19-32-25-28-27-24(30(25)18-23-10-6-16-31-23)21-11-14-29(15-12-21)17-22-9-4-5-13-26-22/h4-5,9,13,20-21,23H,1-3,6-8,10-12,14-19H2/t23-/m1/s1. The lowest BCUT2D eigenvalue weighted by atomic mass is 9.91. The summed E-state index contributed by atoms with van der Waals surface area (Å²) >= 11 is 1.94. The van der Waals surface area contributed by atoms with Crippen LogP contribution in [0.5, 0.6) is 0 Å². The van der Waals surface area contributed by atoms with E-state index in [-0.39, 0.29) is 0 Å². The van der Waals surface area contributed by atoms with E-state index in [1.807, 2.05) is 24.0 Å². The summed E-state index contributed by atoms with van der Waals surface area (Å²) in [7, 11) is 0. The fraction of sp³-hybridized carbons (Fsp3) is 0.720. The van der Waals surface area contributed by atoms with Crippen molar-refractivity contribution in [2.45, 2.75) is 88.1 Å². The molecule has 5 rings (SSSR count). The molecule has 2 aliphatic heterocycles. The van der Waals surface area contributed by atoms with Gasteiger partial charge in [-0.1, -0.05) is 37.1 Å². The van der Waals surface area contributed by atoms with Gasteiger partial charge < -0.3 is 9.30 Å². The van der Waals surface area contributed by atoms with E-state index < -0.39 is 0 Å². The molecule has 2 aromatic rings. The monoisotopic (exact) mass is 455 g/mol. The van der Waals surface area contributed by atoms with Gasteiger partial charge in [0.15, 0.2) is 5.16 Å². The van der Waals surface area contributed by atoms with Gasteiger partial charge in [-0.15, -0.1) is 10.2 Å². The molecule has 3 aliphatic rings. The first kappa shape index (κ1) is 22.4. The maximum Gasteiger partial charge on any atom is 0.191 e. The van der Waals surface area contributed by atoms with Gasteiger partial charge in [-0.25, -0.2) is 0 Å². The van der Waals surface area contributed by atoms with E-state index >= 15 is 0 Å². The molecule has 0 spiro atoms. The molecule has 3 fully saturated rings. The third-order valence-electron chi connectivity index (χ3n) is 7.39. The highest BCUT2D eigenvalue weighted by Crippen LogP contribution is 2.33. The number of nitrogens with zero attached hydrogens (tertiary/aromatic N) is 5. The zero-order valence-corrected chi connectivity index (χ0v) is 20.0. The summed E-state index contributed by atoms with van der Waals surface area (Å²) in [5.74, 6) is 3.73. The molecule has 6 nitrogen and oxygen atoms in total. The van der Waals surface area contributed by atoms with Gasteiger partial charge in [-0.2, -0.15) is 0 Å². The largest absolute Gasteiger partial charge is 0.376 e. The van der Waals surface area contributed by atoms with E-state index in [1.54, 1.807) is 0 Å². The smallest absolute Gasteiger partial charge is 0.191 e.